The molecule has 1 aliphatic carbocycles. The average Bonchev–Trinajstić information content (AvgIpc) is 2.78. The summed E-state index contributed by atoms with van der Waals surface area (Å²) in [6, 6.07) is 0.795. The molecule has 16 heavy (non-hydrogen) atoms. The van der Waals surface area contributed by atoms with E-state index in [4.69, 9.17) is 0 Å². The third kappa shape index (κ3) is 2.81. The smallest absolute Gasteiger partial charge is 0.107 e. The number of aromatic nitrogens is 1. The number of likely N-dealkylation sites (tertiary alicyclic amines) is 1. The van der Waals surface area contributed by atoms with Gasteiger partial charge in [0.15, 0.2) is 0 Å². The molecule has 1 saturated carbocycles. The summed E-state index contributed by atoms with van der Waals surface area (Å²) < 4.78 is 0. The van der Waals surface area contributed by atoms with Crippen molar-refractivity contribution in [3.8, 4) is 0 Å². The maximum atomic E-state index is 4.51. The summed E-state index contributed by atoms with van der Waals surface area (Å²) in [7, 11) is 0. The standard InChI is InChI=1S/C12H19N3S/c1-2-6-15(5-1)9-12-14-8-11(16-12)7-13-10-3-4-10/h8,10,13H,1-7,9H2. The topological polar surface area (TPSA) is 28.2 Å². The molecule has 0 unspecified atom stereocenters. The monoisotopic (exact) mass is 237 g/mol. The van der Waals surface area contributed by atoms with Crippen molar-refractivity contribution in [2.45, 2.75) is 44.8 Å². The molecule has 1 aromatic rings. The van der Waals surface area contributed by atoms with Crippen LogP contribution in [0.1, 0.15) is 35.6 Å². The number of hydrogen-bond acceptors (Lipinski definition) is 4. The highest BCUT2D eigenvalue weighted by Crippen LogP contribution is 2.21. The van der Waals surface area contributed by atoms with Gasteiger partial charge < -0.3 is 5.32 Å². The molecule has 0 atom stereocenters. The van der Waals surface area contributed by atoms with Crippen LogP contribution in [0.25, 0.3) is 0 Å². The van der Waals surface area contributed by atoms with Crippen LogP contribution in [0.4, 0.5) is 0 Å². The first-order valence-electron chi connectivity index (χ1n) is 6.29. The van der Waals surface area contributed by atoms with Crippen molar-refractivity contribution in [3.63, 3.8) is 0 Å². The second-order valence-electron chi connectivity index (χ2n) is 4.86. The maximum absolute atomic E-state index is 4.51. The number of hydrogen-bond donors (Lipinski definition) is 1. The lowest BCUT2D eigenvalue weighted by atomic mass is 10.4. The molecule has 1 aliphatic heterocycles. The molecule has 0 radical (unpaired) electrons. The van der Waals surface area contributed by atoms with Gasteiger partial charge in [0.1, 0.15) is 5.01 Å². The zero-order valence-corrected chi connectivity index (χ0v) is 10.4. The molecule has 2 fully saturated rings. The summed E-state index contributed by atoms with van der Waals surface area (Å²) in [4.78, 5) is 8.42. The van der Waals surface area contributed by atoms with Crippen LogP contribution in [0, 0.1) is 0 Å². The van der Waals surface area contributed by atoms with Gasteiger partial charge in [-0.3, -0.25) is 4.90 Å². The molecule has 3 nitrogen and oxygen atoms in total. The SMILES string of the molecule is c1nc(CN2CCCC2)sc1CNC1CC1. The molecular formula is C12H19N3S. The molecule has 0 amide bonds. The Morgan fingerprint density at radius 1 is 1.38 bits per heavy atom. The van der Waals surface area contributed by atoms with Gasteiger partial charge in [-0.1, -0.05) is 0 Å². The number of nitrogens with zero attached hydrogens (tertiary/aromatic N) is 2. The Bertz CT molecular complexity index is 340. The van der Waals surface area contributed by atoms with Gasteiger partial charge in [0.2, 0.25) is 0 Å². The maximum Gasteiger partial charge on any atom is 0.107 e. The third-order valence-corrected chi connectivity index (χ3v) is 4.28. The summed E-state index contributed by atoms with van der Waals surface area (Å²) in [5, 5.41) is 4.82. The molecule has 88 valence electrons. The number of thiazole rings is 1. The Morgan fingerprint density at radius 3 is 2.94 bits per heavy atom. The quantitative estimate of drug-likeness (QED) is 0.849. The highest BCUT2D eigenvalue weighted by molar-refractivity contribution is 7.11. The lowest BCUT2D eigenvalue weighted by Gasteiger charge is -2.11. The fraction of sp³-hybridized carbons (Fsp3) is 0.750. The second kappa shape index (κ2) is 4.82. The number of rotatable bonds is 5. The lowest BCUT2D eigenvalue weighted by Crippen LogP contribution is -2.18. The van der Waals surface area contributed by atoms with E-state index in [2.05, 4.69) is 15.2 Å². The van der Waals surface area contributed by atoms with Crippen LogP contribution in [0.2, 0.25) is 0 Å². The number of nitrogens with one attached hydrogen (secondary N) is 1. The molecule has 1 N–H and O–H groups in total. The Labute approximate surface area is 101 Å². The minimum Gasteiger partial charge on any atom is -0.309 e. The van der Waals surface area contributed by atoms with E-state index >= 15 is 0 Å². The van der Waals surface area contributed by atoms with E-state index in [1.165, 1.54) is 48.7 Å². The van der Waals surface area contributed by atoms with Crippen LogP contribution in [-0.4, -0.2) is 29.0 Å². The molecule has 1 saturated heterocycles. The van der Waals surface area contributed by atoms with Crippen molar-refractivity contribution < 1.29 is 0 Å². The summed E-state index contributed by atoms with van der Waals surface area (Å²) in [6.45, 7) is 4.60. The first-order chi connectivity index (χ1) is 7.90. The van der Waals surface area contributed by atoms with Crippen LogP contribution in [0.3, 0.4) is 0 Å². The van der Waals surface area contributed by atoms with Crippen LogP contribution < -0.4 is 5.32 Å². The second-order valence-corrected chi connectivity index (χ2v) is 6.06. The molecular weight excluding hydrogens is 218 g/mol. The van der Waals surface area contributed by atoms with E-state index in [0.29, 0.717) is 0 Å². The fourth-order valence-corrected chi connectivity index (χ4v) is 3.08. The van der Waals surface area contributed by atoms with Gasteiger partial charge in [-0.05, 0) is 38.8 Å². The van der Waals surface area contributed by atoms with Gasteiger partial charge in [0.05, 0.1) is 6.54 Å². The highest BCUT2D eigenvalue weighted by Gasteiger charge is 2.20. The normalized spacial score (nSPS) is 21.8. The van der Waals surface area contributed by atoms with E-state index in [9.17, 15) is 0 Å². The van der Waals surface area contributed by atoms with Crippen LogP contribution in [-0.2, 0) is 13.1 Å². The molecule has 4 heteroatoms. The Balaban J connectivity index is 1.50. The summed E-state index contributed by atoms with van der Waals surface area (Å²) in [5.41, 5.74) is 0. The first kappa shape index (κ1) is 10.7. The average molecular weight is 237 g/mol. The van der Waals surface area contributed by atoms with E-state index in [1.54, 1.807) is 0 Å². The van der Waals surface area contributed by atoms with Crippen molar-refractivity contribution in [1.29, 1.82) is 0 Å². The fourth-order valence-electron chi connectivity index (χ4n) is 2.17. The molecule has 2 aliphatic rings. The van der Waals surface area contributed by atoms with E-state index in [0.717, 1.165) is 19.1 Å². The van der Waals surface area contributed by atoms with Crippen molar-refractivity contribution in [3.05, 3.63) is 16.1 Å². The predicted octanol–water partition coefficient (Wildman–Crippen LogP) is 1.99. The van der Waals surface area contributed by atoms with Gasteiger partial charge in [-0.15, -0.1) is 11.3 Å². The molecule has 0 spiro atoms. The first-order valence-corrected chi connectivity index (χ1v) is 7.11. The van der Waals surface area contributed by atoms with Crippen LogP contribution >= 0.6 is 11.3 Å². The van der Waals surface area contributed by atoms with Gasteiger partial charge in [-0.25, -0.2) is 4.98 Å². The van der Waals surface area contributed by atoms with Crippen molar-refractivity contribution >= 4 is 11.3 Å². The van der Waals surface area contributed by atoms with E-state index in [1.807, 2.05) is 17.5 Å². The zero-order chi connectivity index (χ0) is 10.8. The Hall–Kier alpha value is -0.450. The van der Waals surface area contributed by atoms with Gasteiger partial charge >= 0.3 is 0 Å². The van der Waals surface area contributed by atoms with Crippen molar-refractivity contribution in [2.75, 3.05) is 13.1 Å². The largest absolute Gasteiger partial charge is 0.309 e. The zero-order valence-electron chi connectivity index (χ0n) is 9.61. The predicted molar refractivity (Wildman–Crippen MR) is 66.5 cm³/mol. The van der Waals surface area contributed by atoms with Gasteiger partial charge in [0.25, 0.3) is 0 Å². The summed E-state index contributed by atoms with van der Waals surface area (Å²) >= 11 is 1.87. The summed E-state index contributed by atoms with van der Waals surface area (Å²) in [5.74, 6) is 0. The van der Waals surface area contributed by atoms with Crippen molar-refractivity contribution in [1.82, 2.24) is 15.2 Å². The lowest BCUT2D eigenvalue weighted by molar-refractivity contribution is 0.331. The minimum absolute atomic E-state index is 0.795. The Morgan fingerprint density at radius 2 is 2.19 bits per heavy atom. The molecule has 0 bridgehead atoms. The molecule has 2 heterocycles. The van der Waals surface area contributed by atoms with Crippen LogP contribution in [0.15, 0.2) is 6.20 Å². The molecule has 0 aromatic carbocycles. The van der Waals surface area contributed by atoms with Crippen molar-refractivity contribution in [2.24, 2.45) is 0 Å². The third-order valence-electron chi connectivity index (χ3n) is 3.30. The molecule has 3 rings (SSSR count). The van der Waals surface area contributed by atoms with E-state index < -0.39 is 0 Å². The highest BCUT2D eigenvalue weighted by atomic mass is 32.1. The van der Waals surface area contributed by atoms with Crippen LogP contribution in [0.5, 0.6) is 0 Å². The minimum atomic E-state index is 0.795. The summed E-state index contributed by atoms with van der Waals surface area (Å²) in [6.07, 6.45) is 7.49. The Kier molecular flexibility index (Phi) is 3.22. The molecule has 1 aromatic heterocycles. The van der Waals surface area contributed by atoms with Gasteiger partial charge in [0, 0.05) is 23.7 Å². The van der Waals surface area contributed by atoms with Gasteiger partial charge in [-0.2, -0.15) is 0 Å². The van der Waals surface area contributed by atoms with E-state index in [-0.39, 0.29) is 0 Å².